The van der Waals surface area contributed by atoms with E-state index in [-0.39, 0.29) is 33.7 Å². The fourth-order valence-electron chi connectivity index (χ4n) is 5.36. The molecule has 1 fully saturated rings. The van der Waals surface area contributed by atoms with Crippen molar-refractivity contribution in [3.8, 4) is 11.1 Å². The number of benzene rings is 2. The molecule has 0 saturated carbocycles. The third kappa shape index (κ3) is 5.59. The molecule has 1 saturated heterocycles. The van der Waals surface area contributed by atoms with E-state index in [4.69, 9.17) is 11.1 Å². The van der Waals surface area contributed by atoms with E-state index < -0.39 is 74.2 Å². The molecule has 226 valence electrons. The van der Waals surface area contributed by atoms with Gasteiger partial charge in [0.15, 0.2) is 5.67 Å². The maximum absolute atomic E-state index is 15.1. The van der Waals surface area contributed by atoms with E-state index in [0.717, 1.165) is 22.3 Å². The van der Waals surface area contributed by atoms with Crippen LogP contribution in [0.5, 0.6) is 0 Å². The number of nitrogens with two attached hydrogens (primary N) is 1. The van der Waals surface area contributed by atoms with Crippen molar-refractivity contribution < 1.29 is 37.1 Å². The Morgan fingerprint density at radius 1 is 1.09 bits per heavy atom. The summed E-state index contributed by atoms with van der Waals surface area (Å²) in [4.78, 5) is 40.4. The average Bonchev–Trinajstić information content (AvgIpc) is 3.69. The van der Waals surface area contributed by atoms with Crippen LogP contribution >= 0.6 is 11.3 Å². The smallest absolute Gasteiger partial charge is 0.299 e. The van der Waals surface area contributed by atoms with Crippen molar-refractivity contribution in [3.63, 3.8) is 0 Å². The second-order valence-electron chi connectivity index (χ2n) is 10.5. The van der Waals surface area contributed by atoms with Gasteiger partial charge in [0.05, 0.1) is 25.7 Å². The highest BCUT2D eigenvalue weighted by Crippen LogP contribution is 2.50. The Morgan fingerprint density at radius 2 is 1.81 bits per heavy atom. The van der Waals surface area contributed by atoms with Crippen LogP contribution in [-0.4, -0.2) is 71.6 Å². The van der Waals surface area contributed by atoms with Crippen molar-refractivity contribution >= 4 is 34.9 Å². The molecule has 1 aliphatic heterocycles. The molecule has 9 nitrogen and oxygen atoms in total. The van der Waals surface area contributed by atoms with Crippen molar-refractivity contribution in [1.82, 2.24) is 15.5 Å². The Labute approximate surface area is 247 Å². The highest BCUT2D eigenvalue weighted by Gasteiger charge is 2.50. The molecule has 3 amide bonds. The predicted molar refractivity (Wildman–Crippen MR) is 150 cm³/mol. The molecular formula is C29H27F4N5O4S. The number of thiophene rings is 1. The number of amides is 3. The number of nitrogens with one attached hydrogen (secondary N) is 3. The Hall–Kier alpha value is -4.30. The Kier molecular flexibility index (Phi) is 8.01. The summed E-state index contributed by atoms with van der Waals surface area (Å²) in [7, 11) is 0. The molecule has 0 spiro atoms. The van der Waals surface area contributed by atoms with Gasteiger partial charge in [-0.25, -0.2) is 8.78 Å². The van der Waals surface area contributed by atoms with Crippen LogP contribution in [0.1, 0.15) is 44.4 Å². The molecule has 6 N–H and O–H groups in total. The fraction of sp³-hybridized carbons (Fsp3) is 0.310. The summed E-state index contributed by atoms with van der Waals surface area (Å²) in [5.41, 5.74) is 3.38. The summed E-state index contributed by atoms with van der Waals surface area (Å²) in [5, 5.41) is 23.8. The predicted octanol–water partition coefficient (Wildman–Crippen LogP) is 3.01. The minimum atomic E-state index is -3.23. The van der Waals surface area contributed by atoms with Gasteiger partial charge in [-0.05, 0) is 29.3 Å². The third-order valence-electron chi connectivity index (χ3n) is 7.60. The summed E-state index contributed by atoms with van der Waals surface area (Å²) in [6.07, 6.45) is -0.644. The monoisotopic (exact) mass is 617 g/mol. The molecule has 0 radical (unpaired) electrons. The lowest BCUT2D eigenvalue weighted by molar-refractivity contribution is -0.138. The first-order chi connectivity index (χ1) is 20.4. The summed E-state index contributed by atoms with van der Waals surface area (Å²) in [6, 6.07) is 8.69. The summed E-state index contributed by atoms with van der Waals surface area (Å²) < 4.78 is 58.4. The number of carbonyl (C=O) groups excluding carboxylic acids is 3. The number of nitrogen functional groups attached to an aromatic ring is 1. The number of alkyl halides is 4. The first-order valence-electron chi connectivity index (χ1n) is 13.2. The van der Waals surface area contributed by atoms with Gasteiger partial charge >= 0.3 is 0 Å². The molecule has 2 aromatic carbocycles. The van der Waals surface area contributed by atoms with E-state index in [1.807, 2.05) is 0 Å². The molecule has 2 aliphatic rings. The first-order valence-corrected chi connectivity index (χ1v) is 14.1. The van der Waals surface area contributed by atoms with Crippen LogP contribution in [0, 0.1) is 5.41 Å². The molecule has 3 aromatic rings. The summed E-state index contributed by atoms with van der Waals surface area (Å²) in [5.74, 6) is -5.92. The molecule has 0 unspecified atom stereocenters. The molecule has 14 heteroatoms. The minimum absolute atomic E-state index is 0.00466. The van der Waals surface area contributed by atoms with Gasteiger partial charge in [0.2, 0.25) is 11.8 Å². The second-order valence-corrected chi connectivity index (χ2v) is 11.4. The van der Waals surface area contributed by atoms with E-state index in [1.165, 1.54) is 36.4 Å². The lowest BCUT2D eigenvalue weighted by Crippen LogP contribution is -2.50. The maximum atomic E-state index is 15.1. The minimum Gasteiger partial charge on any atom is -0.394 e. The highest BCUT2D eigenvalue weighted by molar-refractivity contribution is 7.10. The summed E-state index contributed by atoms with van der Waals surface area (Å²) >= 11 is 1.12. The number of hydrogen-bond acceptors (Lipinski definition) is 6. The molecule has 1 aromatic heterocycles. The Bertz CT molecular complexity index is 1610. The SMILES string of the molecule is N=C(N)c1csc([C@@H](CO)NC(=O)[C@@H]2C[C@](F)(CF)CN2C(=O)CNC(=O)c2ccc3c(c2)-c2ccccc2C3(F)F)c1. The molecule has 3 atom stereocenters. The topological polar surface area (TPSA) is 149 Å². The van der Waals surface area contributed by atoms with Crippen LogP contribution in [0.15, 0.2) is 53.9 Å². The van der Waals surface area contributed by atoms with E-state index in [1.54, 1.807) is 11.4 Å². The maximum Gasteiger partial charge on any atom is 0.299 e. The summed E-state index contributed by atoms with van der Waals surface area (Å²) in [6.45, 7) is -3.42. The van der Waals surface area contributed by atoms with Crippen LogP contribution in [0.3, 0.4) is 0 Å². The van der Waals surface area contributed by atoms with Gasteiger partial charge in [-0.2, -0.15) is 8.78 Å². The molecule has 0 bridgehead atoms. The quantitative estimate of drug-likeness (QED) is 0.142. The van der Waals surface area contributed by atoms with Gasteiger partial charge < -0.3 is 26.4 Å². The molecule has 1 aliphatic carbocycles. The number of halogens is 4. The van der Waals surface area contributed by atoms with Crippen LogP contribution in [-0.2, 0) is 15.5 Å². The second kappa shape index (κ2) is 11.4. The fourth-order valence-corrected chi connectivity index (χ4v) is 6.31. The number of nitrogens with zero attached hydrogens (tertiary/aromatic N) is 1. The van der Waals surface area contributed by atoms with Crippen LogP contribution in [0.4, 0.5) is 17.6 Å². The van der Waals surface area contributed by atoms with Gasteiger partial charge in [-0.1, -0.05) is 30.3 Å². The molecular weight excluding hydrogens is 590 g/mol. The number of aliphatic hydroxyl groups excluding tert-OH is 1. The van der Waals surface area contributed by atoms with Crippen molar-refractivity contribution in [2.45, 2.75) is 30.1 Å². The average molecular weight is 618 g/mol. The van der Waals surface area contributed by atoms with Crippen molar-refractivity contribution in [2.24, 2.45) is 5.73 Å². The van der Waals surface area contributed by atoms with Gasteiger partial charge in [-0.3, -0.25) is 19.8 Å². The third-order valence-corrected chi connectivity index (χ3v) is 8.65. The number of carbonyl (C=O) groups is 3. The van der Waals surface area contributed by atoms with E-state index >= 15 is 4.39 Å². The number of likely N-dealkylation sites (tertiary alicyclic amines) is 1. The molecule has 5 rings (SSSR count). The number of fused-ring (bicyclic) bond motifs is 3. The first kappa shape index (κ1) is 30.2. The highest BCUT2D eigenvalue weighted by atomic mass is 32.1. The zero-order valence-electron chi connectivity index (χ0n) is 22.5. The number of rotatable bonds is 9. The Morgan fingerprint density at radius 3 is 2.49 bits per heavy atom. The van der Waals surface area contributed by atoms with Crippen LogP contribution in [0.25, 0.3) is 11.1 Å². The van der Waals surface area contributed by atoms with Gasteiger partial charge in [0.25, 0.3) is 11.8 Å². The van der Waals surface area contributed by atoms with Crippen LogP contribution < -0.4 is 16.4 Å². The lowest BCUT2D eigenvalue weighted by Gasteiger charge is -2.25. The van der Waals surface area contributed by atoms with Crippen LogP contribution in [0.2, 0.25) is 0 Å². The van der Waals surface area contributed by atoms with Gasteiger partial charge in [-0.15, -0.1) is 11.3 Å². The van der Waals surface area contributed by atoms with E-state index in [2.05, 4.69) is 10.6 Å². The zero-order valence-corrected chi connectivity index (χ0v) is 23.3. The molecule has 43 heavy (non-hydrogen) atoms. The molecule has 2 heterocycles. The number of hydrogen-bond donors (Lipinski definition) is 5. The van der Waals surface area contributed by atoms with Crippen molar-refractivity contribution in [3.05, 3.63) is 81.0 Å². The largest absolute Gasteiger partial charge is 0.394 e. The van der Waals surface area contributed by atoms with Crippen molar-refractivity contribution in [1.29, 1.82) is 5.41 Å². The lowest BCUT2D eigenvalue weighted by atomic mass is 10.0. The van der Waals surface area contributed by atoms with E-state index in [0.29, 0.717) is 10.4 Å². The normalized spacial score (nSPS) is 20.7. The van der Waals surface area contributed by atoms with Gasteiger partial charge in [0.1, 0.15) is 18.6 Å². The number of amidine groups is 1. The number of aliphatic hydroxyl groups is 1. The van der Waals surface area contributed by atoms with Crippen molar-refractivity contribution in [2.75, 3.05) is 26.4 Å². The van der Waals surface area contributed by atoms with Gasteiger partial charge in [0, 0.05) is 38.9 Å². The van der Waals surface area contributed by atoms with E-state index in [9.17, 15) is 32.7 Å². The Balaban J connectivity index is 1.28. The standard InChI is InChI=1S/C29H27F4N5O4S/c30-13-28(31)9-22(27(42)37-21(11-39)23-8-16(12-43-23)25(34)35)38(14-28)24(40)10-36-26(41)15-5-6-20-18(7-15)17-3-1-2-4-19(17)29(20,32)33/h1-8,12,21-22,39H,9-11,13-14H2,(H3,34,35)(H,36,41)(H,37,42)/t21-,22+,28+/m1/s1. The zero-order chi connectivity index (χ0) is 31.1.